The lowest BCUT2D eigenvalue weighted by Crippen LogP contribution is -2.48. The van der Waals surface area contributed by atoms with E-state index in [1.165, 1.54) is 37.9 Å². The highest BCUT2D eigenvalue weighted by Crippen LogP contribution is 2.23. The first-order chi connectivity index (χ1) is 14.2. The van der Waals surface area contributed by atoms with Gasteiger partial charge in [-0.15, -0.1) is 0 Å². The predicted octanol–water partition coefficient (Wildman–Crippen LogP) is 3.68. The number of hydrogen-bond donors (Lipinski definition) is 1. The molecule has 0 bridgehead atoms. The first-order valence-corrected chi connectivity index (χ1v) is 11.6. The second-order valence-electron chi connectivity index (χ2n) is 10.3. The Hall–Kier alpha value is -1.88. The molecule has 0 aliphatic carbocycles. The number of carbonyl (C=O) groups excluding carboxylic acids is 2. The van der Waals surface area contributed by atoms with Crippen LogP contribution in [0.5, 0.6) is 0 Å². The van der Waals surface area contributed by atoms with Crippen LogP contribution in [0.25, 0.3) is 0 Å². The van der Waals surface area contributed by atoms with Gasteiger partial charge in [0.15, 0.2) is 0 Å². The van der Waals surface area contributed by atoms with Crippen LogP contribution in [0.1, 0.15) is 69.3 Å². The molecular weight excluding hydrogens is 374 g/mol. The number of likely N-dealkylation sites (tertiary alicyclic amines) is 2. The average Bonchev–Trinajstić information content (AvgIpc) is 2.73. The van der Waals surface area contributed by atoms with Gasteiger partial charge in [0, 0.05) is 25.2 Å². The Balaban J connectivity index is 1.45. The number of amides is 2. The minimum absolute atomic E-state index is 0.0339. The zero-order chi connectivity index (χ0) is 21.7. The summed E-state index contributed by atoms with van der Waals surface area (Å²) in [5.41, 5.74) is 1.85. The number of nitrogens with zero attached hydrogens (tertiary/aromatic N) is 2. The summed E-state index contributed by atoms with van der Waals surface area (Å²) in [6.45, 7) is 14.0. The monoisotopic (exact) mass is 413 g/mol. The van der Waals surface area contributed by atoms with E-state index in [1.807, 2.05) is 29.2 Å². The highest BCUT2D eigenvalue weighted by molar-refractivity contribution is 5.96. The molecule has 2 aliphatic heterocycles. The molecular formula is C25H39N3O2. The number of carbonyl (C=O) groups is 2. The van der Waals surface area contributed by atoms with Crippen LogP contribution in [0.3, 0.4) is 0 Å². The lowest BCUT2D eigenvalue weighted by atomic mass is 9.87. The third-order valence-electron chi connectivity index (χ3n) is 6.68. The van der Waals surface area contributed by atoms with Crippen molar-refractivity contribution in [2.45, 2.75) is 58.8 Å². The molecule has 166 valence electrons. The van der Waals surface area contributed by atoms with Crippen LogP contribution in [0, 0.1) is 11.8 Å². The van der Waals surface area contributed by atoms with Gasteiger partial charge in [0.2, 0.25) is 5.91 Å². The summed E-state index contributed by atoms with van der Waals surface area (Å²) in [6, 6.07) is 7.67. The summed E-state index contributed by atoms with van der Waals surface area (Å²) in [5, 5.41) is 2.81. The highest BCUT2D eigenvalue weighted by Gasteiger charge is 2.26. The quantitative estimate of drug-likeness (QED) is 0.801. The number of benzene rings is 1. The van der Waals surface area contributed by atoms with Gasteiger partial charge in [-0.25, -0.2) is 0 Å². The molecule has 2 fully saturated rings. The van der Waals surface area contributed by atoms with E-state index in [2.05, 4.69) is 37.9 Å². The molecule has 0 saturated carbocycles. The lowest BCUT2D eigenvalue weighted by Gasteiger charge is -2.37. The zero-order valence-electron chi connectivity index (χ0n) is 19.2. The van der Waals surface area contributed by atoms with Crippen molar-refractivity contribution in [3.63, 3.8) is 0 Å². The zero-order valence-corrected chi connectivity index (χ0v) is 19.2. The second-order valence-corrected chi connectivity index (χ2v) is 10.3. The van der Waals surface area contributed by atoms with Gasteiger partial charge in [0.1, 0.15) is 0 Å². The normalized spacial score (nSPS) is 21.5. The maximum absolute atomic E-state index is 12.7. The van der Waals surface area contributed by atoms with Crippen LogP contribution in [0.4, 0.5) is 0 Å². The molecule has 1 unspecified atom stereocenters. The summed E-state index contributed by atoms with van der Waals surface area (Å²) in [7, 11) is 0. The maximum Gasteiger partial charge on any atom is 0.251 e. The standard InChI is InChI=1S/C25H39N3O2/c1-19-11-14-27(15-12-19)17-20-6-5-13-28(18-20)23(29)16-26-24(30)21-7-9-22(10-8-21)25(2,3)4/h7-10,19-20H,5-6,11-18H2,1-4H3,(H,26,30). The van der Waals surface area contributed by atoms with E-state index in [1.54, 1.807) is 0 Å². The molecule has 30 heavy (non-hydrogen) atoms. The van der Waals surface area contributed by atoms with E-state index >= 15 is 0 Å². The smallest absolute Gasteiger partial charge is 0.251 e. The largest absolute Gasteiger partial charge is 0.343 e. The number of piperidine rings is 2. The number of nitrogens with one attached hydrogen (secondary N) is 1. The number of hydrogen-bond acceptors (Lipinski definition) is 3. The Bertz CT molecular complexity index is 715. The van der Waals surface area contributed by atoms with Crippen molar-refractivity contribution >= 4 is 11.8 Å². The van der Waals surface area contributed by atoms with Crippen molar-refractivity contribution in [2.24, 2.45) is 11.8 Å². The molecule has 0 radical (unpaired) electrons. The van der Waals surface area contributed by atoms with E-state index < -0.39 is 0 Å². The third-order valence-corrected chi connectivity index (χ3v) is 6.68. The Morgan fingerprint density at radius 2 is 1.70 bits per heavy atom. The summed E-state index contributed by atoms with van der Waals surface area (Å²) < 4.78 is 0. The molecule has 1 aromatic rings. The van der Waals surface area contributed by atoms with Crippen molar-refractivity contribution in [1.82, 2.24) is 15.1 Å². The van der Waals surface area contributed by atoms with Crippen molar-refractivity contribution < 1.29 is 9.59 Å². The lowest BCUT2D eigenvalue weighted by molar-refractivity contribution is -0.132. The van der Waals surface area contributed by atoms with Crippen LogP contribution in [0.2, 0.25) is 0 Å². The van der Waals surface area contributed by atoms with E-state index in [4.69, 9.17) is 0 Å². The van der Waals surface area contributed by atoms with Crippen LogP contribution in [-0.2, 0) is 10.2 Å². The molecule has 0 spiro atoms. The highest BCUT2D eigenvalue weighted by atomic mass is 16.2. The Kier molecular flexibility index (Phi) is 7.56. The van der Waals surface area contributed by atoms with Gasteiger partial charge in [-0.3, -0.25) is 9.59 Å². The molecule has 2 saturated heterocycles. The first kappa shape index (κ1) is 22.8. The number of rotatable bonds is 5. The fourth-order valence-electron chi connectivity index (χ4n) is 4.54. The molecule has 1 atom stereocenters. The topological polar surface area (TPSA) is 52.6 Å². The Labute approximate surface area is 182 Å². The minimum Gasteiger partial charge on any atom is -0.343 e. The van der Waals surface area contributed by atoms with E-state index in [0.717, 1.165) is 32.0 Å². The Morgan fingerprint density at radius 1 is 1.03 bits per heavy atom. The maximum atomic E-state index is 12.7. The van der Waals surface area contributed by atoms with Gasteiger partial charge >= 0.3 is 0 Å². The van der Waals surface area contributed by atoms with Gasteiger partial charge in [0.05, 0.1) is 6.54 Å². The van der Waals surface area contributed by atoms with E-state index in [0.29, 0.717) is 11.5 Å². The summed E-state index contributed by atoms with van der Waals surface area (Å²) in [6.07, 6.45) is 4.83. The van der Waals surface area contributed by atoms with Crippen molar-refractivity contribution in [3.8, 4) is 0 Å². The van der Waals surface area contributed by atoms with Gasteiger partial charge in [-0.2, -0.15) is 0 Å². The summed E-state index contributed by atoms with van der Waals surface area (Å²) in [4.78, 5) is 29.7. The second kappa shape index (κ2) is 9.95. The predicted molar refractivity (Wildman–Crippen MR) is 122 cm³/mol. The van der Waals surface area contributed by atoms with Gasteiger partial charge in [-0.1, -0.05) is 39.8 Å². The van der Waals surface area contributed by atoms with Gasteiger partial charge < -0.3 is 15.1 Å². The van der Waals surface area contributed by atoms with Crippen LogP contribution in [-0.4, -0.2) is 60.9 Å². The molecule has 5 nitrogen and oxygen atoms in total. The molecule has 1 N–H and O–H groups in total. The first-order valence-electron chi connectivity index (χ1n) is 11.6. The molecule has 0 aromatic heterocycles. The van der Waals surface area contributed by atoms with E-state index in [9.17, 15) is 9.59 Å². The van der Waals surface area contributed by atoms with Gasteiger partial charge in [0.25, 0.3) is 5.91 Å². The minimum atomic E-state index is -0.181. The fraction of sp³-hybridized carbons (Fsp3) is 0.680. The van der Waals surface area contributed by atoms with Gasteiger partial charge in [-0.05, 0) is 73.7 Å². The van der Waals surface area contributed by atoms with Crippen molar-refractivity contribution in [1.29, 1.82) is 0 Å². The van der Waals surface area contributed by atoms with E-state index in [-0.39, 0.29) is 23.8 Å². The Morgan fingerprint density at radius 3 is 2.33 bits per heavy atom. The fourth-order valence-corrected chi connectivity index (χ4v) is 4.54. The van der Waals surface area contributed by atoms with Crippen molar-refractivity contribution in [3.05, 3.63) is 35.4 Å². The SMILES string of the molecule is CC1CCN(CC2CCCN(C(=O)CNC(=O)c3ccc(C(C)(C)C)cc3)C2)CC1. The molecule has 2 aliphatic rings. The average molecular weight is 414 g/mol. The summed E-state index contributed by atoms with van der Waals surface area (Å²) in [5.74, 6) is 1.25. The summed E-state index contributed by atoms with van der Waals surface area (Å²) >= 11 is 0. The van der Waals surface area contributed by atoms with Crippen LogP contribution < -0.4 is 5.32 Å². The molecule has 3 rings (SSSR count). The molecule has 1 aromatic carbocycles. The van der Waals surface area contributed by atoms with Crippen molar-refractivity contribution in [2.75, 3.05) is 39.3 Å². The third kappa shape index (κ3) is 6.31. The van der Waals surface area contributed by atoms with Crippen LogP contribution >= 0.6 is 0 Å². The van der Waals surface area contributed by atoms with Crippen LogP contribution in [0.15, 0.2) is 24.3 Å². The molecule has 2 amide bonds. The molecule has 2 heterocycles. The molecule has 5 heteroatoms.